The molecule has 0 aliphatic carbocycles. The van der Waals surface area contributed by atoms with E-state index < -0.39 is 11.7 Å². The molecule has 3 nitrogen and oxygen atoms in total. The van der Waals surface area contributed by atoms with E-state index in [2.05, 4.69) is 0 Å². The number of amides is 1. The summed E-state index contributed by atoms with van der Waals surface area (Å²) in [5.74, 6) is -0.835. The van der Waals surface area contributed by atoms with Gasteiger partial charge in [-0.2, -0.15) is 0 Å². The minimum absolute atomic E-state index is 0.103. The quantitative estimate of drug-likeness (QED) is 0.647. The number of carbonyl (C=O) groups excluding carboxylic acids is 2. The fourth-order valence-electron chi connectivity index (χ4n) is 2.54. The van der Waals surface area contributed by atoms with Crippen LogP contribution in [0.5, 0.6) is 0 Å². The lowest BCUT2D eigenvalue weighted by atomic mass is 9.96. The number of anilines is 1. The van der Waals surface area contributed by atoms with Gasteiger partial charge in [0.2, 0.25) is 0 Å². The highest BCUT2D eigenvalue weighted by Crippen LogP contribution is 2.40. The zero-order valence-electron chi connectivity index (χ0n) is 8.79. The van der Waals surface area contributed by atoms with Crippen molar-refractivity contribution in [3.63, 3.8) is 0 Å². The summed E-state index contributed by atoms with van der Waals surface area (Å²) in [5.41, 5.74) is 2.28. The monoisotopic (exact) mass is 235 g/mol. The molecule has 0 saturated carbocycles. The van der Waals surface area contributed by atoms with E-state index >= 15 is 0 Å². The van der Waals surface area contributed by atoms with Crippen molar-refractivity contribution in [2.24, 2.45) is 0 Å². The normalized spacial score (nSPS) is 22.6. The third kappa shape index (κ3) is 1.09. The topological polar surface area (TPSA) is 37.4 Å². The first-order valence-electron chi connectivity index (χ1n) is 5.30. The first-order chi connectivity index (χ1) is 7.59. The molecule has 4 heteroatoms. The van der Waals surface area contributed by atoms with Crippen molar-refractivity contribution in [3.8, 4) is 0 Å². The molecule has 2 aliphatic rings. The van der Waals surface area contributed by atoms with Gasteiger partial charge < -0.3 is 4.90 Å². The predicted molar refractivity (Wildman–Crippen MR) is 61.1 cm³/mol. The van der Waals surface area contributed by atoms with Crippen molar-refractivity contribution in [1.29, 1.82) is 0 Å². The van der Waals surface area contributed by atoms with Crippen LogP contribution in [0.15, 0.2) is 12.1 Å². The third-order valence-corrected chi connectivity index (χ3v) is 3.54. The Morgan fingerprint density at radius 1 is 1.38 bits per heavy atom. The standard InChI is InChI=1S/C12H10ClNO2/c1-6-2-3-7-4-8(13)5-9-10(7)14(6)12(16)11(9)15/h4-6H,2-3H2,1H3. The van der Waals surface area contributed by atoms with Gasteiger partial charge in [-0.15, -0.1) is 0 Å². The average Bonchev–Trinajstić information content (AvgIpc) is 2.49. The number of Topliss-reactive ketones (excluding diaryl/α,β-unsaturated/α-hetero) is 1. The van der Waals surface area contributed by atoms with Crippen LogP contribution >= 0.6 is 11.6 Å². The van der Waals surface area contributed by atoms with E-state index in [9.17, 15) is 9.59 Å². The third-order valence-electron chi connectivity index (χ3n) is 3.32. The van der Waals surface area contributed by atoms with Crippen LogP contribution in [0.25, 0.3) is 0 Å². The number of hydrogen-bond donors (Lipinski definition) is 0. The van der Waals surface area contributed by atoms with Crippen LogP contribution in [-0.2, 0) is 11.2 Å². The molecule has 1 amide bonds. The number of carbonyl (C=O) groups is 2. The van der Waals surface area contributed by atoms with Crippen LogP contribution < -0.4 is 4.90 Å². The Balaban J connectivity index is 2.32. The number of hydrogen-bond acceptors (Lipinski definition) is 2. The molecule has 3 rings (SSSR count). The largest absolute Gasteiger partial charge is 0.302 e. The molecule has 0 bridgehead atoms. The molecule has 16 heavy (non-hydrogen) atoms. The molecule has 82 valence electrons. The smallest absolute Gasteiger partial charge is 0.299 e. The summed E-state index contributed by atoms with van der Waals surface area (Å²) in [6.07, 6.45) is 1.76. The second-order valence-electron chi connectivity index (χ2n) is 4.35. The average molecular weight is 236 g/mol. The van der Waals surface area contributed by atoms with Crippen LogP contribution in [0.3, 0.4) is 0 Å². The highest BCUT2D eigenvalue weighted by Gasteiger charge is 2.42. The molecule has 0 spiro atoms. The lowest BCUT2D eigenvalue weighted by molar-refractivity contribution is -0.114. The molecule has 0 fully saturated rings. The molecule has 1 unspecified atom stereocenters. The maximum atomic E-state index is 11.8. The molecule has 1 aromatic carbocycles. The molecular formula is C12H10ClNO2. The van der Waals surface area contributed by atoms with Gasteiger partial charge in [-0.05, 0) is 37.5 Å². The number of nitrogens with zero attached hydrogens (tertiary/aromatic N) is 1. The van der Waals surface area contributed by atoms with Gasteiger partial charge in [-0.1, -0.05) is 11.6 Å². The van der Waals surface area contributed by atoms with Crippen LogP contribution in [0.2, 0.25) is 5.02 Å². The summed E-state index contributed by atoms with van der Waals surface area (Å²) in [5, 5.41) is 0.534. The number of aryl methyl sites for hydroxylation is 1. The Kier molecular flexibility index (Phi) is 1.89. The fourth-order valence-corrected chi connectivity index (χ4v) is 2.78. The second-order valence-corrected chi connectivity index (χ2v) is 4.79. The number of ketones is 1. The van der Waals surface area contributed by atoms with E-state index in [1.165, 1.54) is 0 Å². The zero-order chi connectivity index (χ0) is 11.4. The highest BCUT2D eigenvalue weighted by atomic mass is 35.5. The van der Waals surface area contributed by atoms with Gasteiger partial charge in [0.1, 0.15) is 0 Å². The first kappa shape index (κ1) is 9.85. The number of rotatable bonds is 0. The molecule has 0 saturated heterocycles. The summed E-state index contributed by atoms with van der Waals surface area (Å²) >= 11 is 5.95. The molecule has 2 heterocycles. The van der Waals surface area contributed by atoms with E-state index in [1.807, 2.05) is 13.0 Å². The predicted octanol–water partition coefficient (Wildman–Crippen LogP) is 2.20. The lowest BCUT2D eigenvalue weighted by Crippen LogP contribution is -2.40. The van der Waals surface area contributed by atoms with Crippen molar-refractivity contribution >= 4 is 29.0 Å². The Morgan fingerprint density at radius 3 is 2.88 bits per heavy atom. The van der Waals surface area contributed by atoms with Crippen molar-refractivity contribution in [2.45, 2.75) is 25.8 Å². The Hall–Kier alpha value is -1.35. The maximum absolute atomic E-state index is 11.8. The Labute approximate surface area is 98.0 Å². The highest BCUT2D eigenvalue weighted by molar-refractivity contribution is 6.53. The summed E-state index contributed by atoms with van der Waals surface area (Å²) in [6.45, 7) is 1.97. The van der Waals surface area contributed by atoms with Gasteiger partial charge in [-0.3, -0.25) is 9.59 Å². The van der Waals surface area contributed by atoms with Crippen molar-refractivity contribution in [2.75, 3.05) is 4.90 Å². The van der Waals surface area contributed by atoms with E-state index in [1.54, 1.807) is 11.0 Å². The molecule has 1 atom stereocenters. The SMILES string of the molecule is CC1CCc2cc(Cl)cc3c2N1C(=O)C3=O. The molecule has 2 aliphatic heterocycles. The van der Waals surface area contributed by atoms with E-state index in [-0.39, 0.29) is 6.04 Å². The summed E-state index contributed by atoms with van der Waals surface area (Å²) < 4.78 is 0. The first-order valence-corrected chi connectivity index (χ1v) is 5.67. The summed E-state index contributed by atoms with van der Waals surface area (Å²) in [6, 6.07) is 3.55. The van der Waals surface area contributed by atoms with Crippen LogP contribution in [-0.4, -0.2) is 17.7 Å². The van der Waals surface area contributed by atoms with E-state index in [0.717, 1.165) is 24.1 Å². The van der Waals surface area contributed by atoms with Gasteiger partial charge >= 0.3 is 0 Å². The minimum atomic E-state index is -0.424. The van der Waals surface area contributed by atoms with Crippen LogP contribution in [0, 0.1) is 0 Å². The van der Waals surface area contributed by atoms with Crippen molar-refractivity contribution < 1.29 is 9.59 Å². The second kappa shape index (κ2) is 3.08. The molecule has 0 radical (unpaired) electrons. The Morgan fingerprint density at radius 2 is 2.12 bits per heavy atom. The molecule has 1 aromatic rings. The summed E-state index contributed by atoms with van der Waals surface area (Å²) in [4.78, 5) is 25.2. The van der Waals surface area contributed by atoms with E-state index in [4.69, 9.17) is 11.6 Å². The lowest BCUT2D eigenvalue weighted by Gasteiger charge is -2.31. The molecule has 0 aromatic heterocycles. The van der Waals surface area contributed by atoms with Gasteiger partial charge in [-0.25, -0.2) is 0 Å². The van der Waals surface area contributed by atoms with Gasteiger partial charge in [0.15, 0.2) is 0 Å². The van der Waals surface area contributed by atoms with E-state index in [0.29, 0.717) is 10.6 Å². The van der Waals surface area contributed by atoms with Gasteiger partial charge in [0.05, 0.1) is 11.3 Å². The summed E-state index contributed by atoms with van der Waals surface area (Å²) in [7, 11) is 0. The van der Waals surface area contributed by atoms with Crippen molar-refractivity contribution in [1.82, 2.24) is 0 Å². The maximum Gasteiger partial charge on any atom is 0.299 e. The number of halogens is 1. The Bertz CT molecular complexity index is 524. The van der Waals surface area contributed by atoms with Crippen molar-refractivity contribution in [3.05, 3.63) is 28.3 Å². The minimum Gasteiger partial charge on any atom is -0.302 e. The number of benzene rings is 1. The zero-order valence-corrected chi connectivity index (χ0v) is 9.54. The molecule has 0 N–H and O–H groups in total. The van der Waals surface area contributed by atoms with Gasteiger partial charge in [0, 0.05) is 11.1 Å². The fraction of sp³-hybridized carbons (Fsp3) is 0.333. The van der Waals surface area contributed by atoms with Gasteiger partial charge in [0.25, 0.3) is 11.7 Å². The molecular weight excluding hydrogens is 226 g/mol. The van der Waals surface area contributed by atoms with Crippen LogP contribution in [0.4, 0.5) is 5.69 Å². The van der Waals surface area contributed by atoms with Crippen LogP contribution in [0.1, 0.15) is 29.3 Å².